The lowest BCUT2D eigenvalue weighted by Crippen LogP contribution is -2.55. The Hall–Kier alpha value is -3.50. The van der Waals surface area contributed by atoms with E-state index in [9.17, 15) is 19.1 Å². The molecule has 196 valence electrons. The van der Waals surface area contributed by atoms with E-state index in [1.807, 2.05) is 0 Å². The number of hydrogen-bond donors (Lipinski definition) is 3. The zero-order chi connectivity index (χ0) is 26.1. The number of likely N-dealkylation sites (tertiary alicyclic amines) is 1. The summed E-state index contributed by atoms with van der Waals surface area (Å²) in [6.07, 6.45) is 3.37. The molecule has 1 saturated heterocycles. The molecular formula is C27H31FN4O5. The maximum Gasteiger partial charge on any atom is 0.255 e. The molecule has 1 aromatic carbocycles. The average Bonchev–Trinajstić information content (AvgIpc) is 3.64. The third-order valence-corrected chi connectivity index (χ3v) is 7.02. The van der Waals surface area contributed by atoms with Gasteiger partial charge in [0.15, 0.2) is 0 Å². The molecule has 1 aliphatic carbocycles. The van der Waals surface area contributed by atoms with Crippen LogP contribution in [0.3, 0.4) is 0 Å². The van der Waals surface area contributed by atoms with E-state index in [0.717, 1.165) is 12.8 Å². The number of amides is 2. The van der Waals surface area contributed by atoms with Crippen LogP contribution in [0.4, 0.5) is 4.39 Å². The van der Waals surface area contributed by atoms with Gasteiger partial charge in [-0.3, -0.25) is 14.6 Å². The van der Waals surface area contributed by atoms with Gasteiger partial charge in [-0.25, -0.2) is 4.39 Å². The lowest BCUT2D eigenvalue weighted by molar-refractivity contribution is -0.138. The molecule has 5 rings (SSSR count). The third kappa shape index (κ3) is 5.30. The van der Waals surface area contributed by atoms with Crippen LogP contribution in [0.1, 0.15) is 35.3 Å². The Bertz CT molecular complexity index is 1320. The summed E-state index contributed by atoms with van der Waals surface area (Å²) >= 11 is 0. The normalized spacial score (nSPS) is 19.7. The topological polar surface area (TPSA) is 117 Å². The lowest BCUT2D eigenvalue weighted by Gasteiger charge is -2.36. The molecule has 9 nitrogen and oxygen atoms in total. The van der Waals surface area contributed by atoms with Crippen molar-refractivity contribution in [1.82, 2.24) is 20.2 Å². The Morgan fingerprint density at radius 1 is 1.24 bits per heavy atom. The zero-order valence-electron chi connectivity index (χ0n) is 20.9. The number of ether oxygens (including phenoxy) is 2. The largest absolute Gasteiger partial charge is 0.493 e. The second-order valence-electron chi connectivity index (χ2n) is 9.81. The zero-order valence-corrected chi connectivity index (χ0v) is 20.9. The summed E-state index contributed by atoms with van der Waals surface area (Å²) in [5.74, 6) is 0.159. The van der Waals surface area contributed by atoms with Crippen LogP contribution in [-0.4, -0.2) is 77.3 Å². The van der Waals surface area contributed by atoms with Crippen molar-refractivity contribution in [3.05, 3.63) is 47.5 Å². The summed E-state index contributed by atoms with van der Waals surface area (Å²) in [5, 5.41) is 13.5. The molecule has 2 atom stereocenters. The number of H-pyrrole nitrogens is 1. The Kier molecular flexibility index (Phi) is 7.12. The number of nitrogens with one attached hydrogen (secondary N) is 2. The van der Waals surface area contributed by atoms with Gasteiger partial charge in [0.2, 0.25) is 5.91 Å². The SMILES string of the molecule is COCC(=O)N1CC[C@@H](NC(=O)c2c(C)[nH]c3c(-c4cc(F)ccc4OCC4CC4)ccnc23)[C@@H](O)C1. The smallest absolute Gasteiger partial charge is 0.255 e. The fraction of sp³-hybridized carbons (Fsp3) is 0.444. The number of benzene rings is 1. The minimum absolute atomic E-state index is 0.0507. The molecular weight excluding hydrogens is 479 g/mol. The second kappa shape index (κ2) is 10.5. The number of methoxy groups -OCH3 is 1. The van der Waals surface area contributed by atoms with Gasteiger partial charge >= 0.3 is 0 Å². The van der Waals surface area contributed by atoms with Gasteiger partial charge in [0.25, 0.3) is 5.91 Å². The summed E-state index contributed by atoms with van der Waals surface area (Å²) in [5.41, 5.74) is 3.29. The van der Waals surface area contributed by atoms with E-state index in [2.05, 4.69) is 15.3 Å². The summed E-state index contributed by atoms with van der Waals surface area (Å²) < 4.78 is 25.2. The minimum atomic E-state index is -0.911. The van der Waals surface area contributed by atoms with E-state index >= 15 is 0 Å². The number of carbonyl (C=O) groups excluding carboxylic acids is 2. The van der Waals surface area contributed by atoms with E-state index in [1.165, 1.54) is 24.1 Å². The molecule has 3 N–H and O–H groups in total. The first-order chi connectivity index (χ1) is 17.9. The summed E-state index contributed by atoms with van der Waals surface area (Å²) in [7, 11) is 1.45. The molecule has 10 heteroatoms. The predicted molar refractivity (Wildman–Crippen MR) is 135 cm³/mol. The van der Waals surface area contributed by atoms with Crippen LogP contribution in [0.5, 0.6) is 5.75 Å². The third-order valence-electron chi connectivity index (χ3n) is 7.02. The number of aromatic nitrogens is 2. The molecule has 3 heterocycles. The average molecular weight is 511 g/mol. The molecule has 2 amide bonds. The molecule has 0 spiro atoms. The molecule has 0 radical (unpaired) electrons. The van der Waals surface area contributed by atoms with Gasteiger partial charge in [0.1, 0.15) is 23.7 Å². The van der Waals surface area contributed by atoms with Gasteiger partial charge in [-0.15, -0.1) is 0 Å². The number of aliphatic hydroxyl groups excluding tert-OH is 1. The molecule has 1 aliphatic heterocycles. The highest BCUT2D eigenvalue weighted by Gasteiger charge is 2.32. The number of nitrogens with zero attached hydrogens (tertiary/aromatic N) is 2. The molecule has 37 heavy (non-hydrogen) atoms. The van der Waals surface area contributed by atoms with Crippen LogP contribution in [0, 0.1) is 18.7 Å². The number of aromatic amines is 1. The number of aryl methyl sites for hydroxylation is 1. The summed E-state index contributed by atoms with van der Waals surface area (Å²) in [4.78, 5) is 34.7. The minimum Gasteiger partial charge on any atom is -0.493 e. The van der Waals surface area contributed by atoms with Gasteiger partial charge in [0.05, 0.1) is 29.8 Å². The molecule has 2 aromatic heterocycles. The number of pyridine rings is 1. The van der Waals surface area contributed by atoms with Gasteiger partial charge in [-0.1, -0.05) is 0 Å². The van der Waals surface area contributed by atoms with Crippen LogP contribution < -0.4 is 10.1 Å². The highest BCUT2D eigenvalue weighted by atomic mass is 19.1. The Balaban J connectivity index is 1.40. The number of piperidine rings is 1. The molecule has 0 unspecified atom stereocenters. The quantitative estimate of drug-likeness (QED) is 0.429. The number of β-amino-alcohol motifs (C(OH)–C–C–N with tert-alkyl or cyclic N) is 1. The van der Waals surface area contributed by atoms with Gasteiger partial charge in [-0.05, 0) is 56.4 Å². The first-order valence-corrected chi connectivity index (χ1v) is 12.5. The molecule has 2 aliphatic rings. The van der Waals surface area contributed by atoms with Crippen molar-refractivity contribution in [2.75, 3.05) is 33.4 Å². The number of aliphatic hydroxyl groups is 1. The first-order valence-electron chi connectivity index (χ1n) is 12.5. The van der Waals surface area contributed by atoms with Crippen LogP contribution in [-0.2, 0) is 9.53 Å². The monoisotopic (exact) mass is 510 g/mol. The number of rotatable bonds is 8. The van der Waals surface area contributed by atoms with Crippen molar-refractivity contribution >= 4 is 22.8 Å². The predicted octanol–water partition coefficient (Wildman–Crippen LogP) is 2.80. The number of hydrogen-bond acceptors (Lipinski definition) is 6. The highest BCUT2D eigenvalue weighted by Crippen LogP contribution is 2.38. The standard InChI is InChI=1S/C27H31FN4O5/c1-15-24(27(35)31-20-8-10-32(12-21(20)33)23(34)14-36-2)26-25(30-15)18(7-9-29-26)19-11-17(28)5-6-22(19)37-13-16-3-4-16/h5-7,9,11,16,20-21,30,33H,3-4,8,10,12-14H2,1-2H3,(H,31,35)/t20-,21+/m1/s1. The summed E-state index contributed by atoms with van der Waals surface area (Å²) in [6, 6.07) is 5.70. The van der Waals surface area contributed by atoms with Crippen molar-refractivity contribution in [2.45, 2.75) is 38.3 Å². The van der Waals surface area contributed by atoms with Gasteiger partial charge < -0.3 is 29.8 Å². The number of carbonyl (C=O) groups is 2. The maximum absolute atomic E-state index is 14.3. The lowest BCUT2D eigenvalue weighted by atomic mass is 10.0. The fourth-order valence-corrected chi connectivity index (χ4v) is 4.82. The Morgan fingerprint density at radius 3 is 2.78 bits per heavy atom. The van der Waals surface area contributed by atoms with Crippen molar-refractivity contribution in [1.29, 1.82) is 0 Å². The van der Waals surface area contributed by atoms with Crippen molar-refractivity contribution < 1.29 is 28.6 Å². The van der Waals surface area contributed by atoms with E-state index < -0.39 is 12.1 Å². The van der Waals surface area contributed by atoms with E-state index in [4.69, 9.17) is 9.47 Å². The van der Waals surface area contributed by atoms with Crippen molar-refractivity contribution in [3.63, 3.8) is 0 Å². The van der Waals surface area contributed by atoms with Crippen LogP contribution in [0.2, 0.25) is 0 Å². The number of halogens is 1. The first kappa shape index (κ1) is 25.2. The highest BCUT2D eigenvalue weighted by molar-refractivity contribution is 6.09. The van der Waals surface area contributed by atoms with E-state index in [-0.39, 0.29) is 30.8 Å². The van der Waals surface area contributed by atoms with Gasteiger partial charge in [-0.2, -0.15) is 0 Å². The Morgan fingerprint density at radius 2 is 2.05 bits per heavy atom. The van der Waals surface area contributed by atoms with Crippen molar-refractivity contribution in [2.24, 2.45) is 5.92 Å². The van der Waals surface area contributed by atoms with E-state index in [1.54, 1.807) is 25.3 Å². The van der Waals surface area contributed by atoms with Crippen LogP contribution >= 0.6 is 0 Å². The number of fused-ring (bicyclic) bond motifs is 1. The Labute approximate surface area is 214 Å². The maximum atomic E-state index is 14.3. The van der Waals surface area contributed by atoms with E-state index in [0.29, 0.717) is 64.7 Å². The molecule has 2 fully saturated rings. The van der Waals surface area contributed by atoms with Gasteiger partial charge in [0, 0.05) is 43.2 Å². The molecule has 1 saturated carbocycles. The van der Waals surface area contributed by atoms with Crippen LogP contribution in [0.25, 0.3) is 22.2 Å². The molecule has 0 bridgehead atoms. The fourth-order valence-electron chi connectivity index (χ4n) is 4.82. The second-order valence-corrected chi connectivity index (χ2v) is 9.81. The summed E-state index contributed by atoms with van der Waals surface area (Å²) in [6.45, 7) is 2.83. The van der Waals surface area contributed by atoms with Crippen LogP contribution in [0.15, 0.2) is 30.5 Å². The molecule has 3 aromatic rings. The van der Waals surface area contributed by atoms with Crippen molar-refractivity contribution in [3.8, 4) is 16.9 Å².